The molecule has 0 aliphatic rings. The second kappa shape index (κ2) is 5.60. The average molecular weight is 255 g/mol. The molecule has 2 N–H and O–H groups in total. The molecule has 0 atom stereocenters. The van der Waals surface area contributed by atoms with Crippen LogP contribution in [0.2, 0.25) is 0 Å². The largest absolute Gasteiger partial charge is 0.352 e. The van der Waals surface area contributed by atoms with Gasteiger partial charge in [0.1, 0.15) is 0 Å². The van der Waals surface area contributed by atoms with Crippen molar-refractivity contribution in [2.75, 3.05) is 6.54 Å². The zero-order chi connectivity index (χ0) is 12.9. The molecule has 5 nitrogen and oxygen atoms in total. The number of hydrogen-bond donors (Lipinski definition) is 2. The van der Waals surface area contributed by atoms with E-state index >= 15 is 0 Å². The Labute approximate surface area is 99.9 Å². The third kappa shape index (κ3) is 4.38. The predicted molar refractivity (Wildman–Crippen MR) is 63.2 cm³/mol. The lowest BCUT2D eigenvalue weighted by Crippen LogP contribution is -2.23. The van der Waals surface area contributed by atoms with Crippen LogP contribution in [0.25, 0.3) is 0 Å². The lowest BCUT2D eigenvalue weighted by molar-refractivity contribution is -0.116. The highest BCUT2D eigenvalue weighted by Crippen LogP contribution is 2.10. The number of rotatable bonds is 5. The average Bonchev–Trinajstić information content (AvgIpc) is 2.28. The van der Waals surface area contributed by atoms with Gasteiger partial charge in [-0.1, -0.05) is 18.7 Å². The zero-order valence-corrected chi connectivity index (χ0v) is 9.90. The van der Waals surface area contributed by atoms with Crippen LogP contribution in [0.1, 0.15) is 5.56 Å². The Hall–Kier alpha value is -1.66. The molecule has 0 saturated heterocycles. The Morgan fingerprint density at radius 3 is 2.41 bits per heavy atom. The highest BCUT2D eigenvalue weighted by molar-refractivity contribution is 7.85. The van der Waals surface area contributed by atoms with Gasteiger partial charge in [0.05, 0.1) is 4.90 Å². The first kappa shape index (κ1) is 13.4. The molecule has 1 aromatic carbocycles. The van der Waals surface area contributed by atoms with Crippen molar-refractivity contribution in [1.29, 1.82) is 0 Å². The van der Waals surface area contributed by atoms with Crippen LogP contribution in [0.5, 0.6) is 0 Å². The molecule has 0 heterocycles. The van der Waals surface area contributed by atoms with Crippen molar-refractivity contribution in [3.8, 4) is 0 Å². The van der Waals surface area contributed by atoms with Crippen molar-refractivity contribution in [3.63, 3.8) is 0 Å². The molecule has 6 heteroatoms. The molecule has 0 radical (unpaired) electrons. The van der Waals surface area contributed by atoms with Gasteiger partial charge in [-0.25, -0.2) is 0 Å². The Bertz CT molecular complexity index is 505. The van der Waals surface area contributed by atoms with Crippen molar-refractivity contribution >= 4 is 16.0 Å². The topological polar surface area (TPSA) is 83.5 Å². The fourth-order valence-electron chi connectivity index (χ4n) is 1.23. The number of nitrogens with one attached hydrogen (secondary N) is 1. The fraction of sp³-hybridized carbons (Fsp3) is 0.182. The molecule has 0 aromatic heterocycles. The van der Waals surface area contributed by atoms with Gasteiger partial charge in [0.15, 0.2) is 0 Å². The Kier molecular flexibility index (Phi) is 4.42. The summed E-state index contributed by atoms with van der Waals surface area (Å²) >= 11 is 0. The van der Waals surface area contributed by atoms with Gasteiger partial charge in [-0.3, -0.25) is 9.35 Å². The SMILES string of the molecule is C=CC(=O)NCCc1ccc(S(=O)(=O)O)cc1. The highest BCUT2D eigenvalue weighted by atomic mass is 32.2. The van der Waals surface area contributed by atoms with Crippen molar-refractivity contribution in [2.24, 2.45) is 0 Å². The molecule has 0 aliphatic carbocycles. The van der Waals surface area contributed by atoms with E-state index in [-0.39, 0.29) is 10.8 Å². The number of hydrogen-bond acceptors (Lipinski definition) is 3. The first-order chi connectivity index (χ1) is 7.93. The van der Waals surface area contributed by atoms with Crippen LogP contribution in [0.15, 0.2) is 41.8 Å². The van der Waals surface area contributed by atoms with Gasteiger partial charge in [0.2, 0.25) is 5.91 Å². The monoisotopic (exact) mass is 255 g/mol. The van der Waals surface area contributed by atoms with E-state index in [0.717, 1.165) is 5.56 Å². The van der Waals surface area contributed by atoms with Crippen LogP contribution < -0.4 is 5.32 Å². The molecule has 0 aliphatic heterocycles. The van der Waals surface area contributed by atoms with Crippen LogP contribution in [0, 0.1) is 0 Å². The molecule has 1 amide bonds. The minimum Gasteiger partial charge on any atom is -0.352 e. The van der Waals surface area contributed by atoms with E-state index in [9.17, 15) is 13.2 Å². The summed E-state index contributed by atoms with van der Waals surface area (Å²) < 4.78 is 30.3. The molecule has 1 aromatic rings. The minimum absolute atomic E-state index is 0.142. The maximum atomic E-state index is 10.8. The summed E-state index contributed by atoms with van der Waals surface area (Å²) in [5.41, 5.74) is 0.863. The van der Waals surface area contributed by atoms with Gasteiger partial charge in [0.25, 0.3) is 10.1 Å². The van der Waals surface area contributed by atoms with Gasteiger partial charge in [-0.2, -0.15) is 8.42 Å². The molecule has 1 rings (SSSR count). The molecular weight excluding hydrogens is 242 g/mol. The molecule has 0 bridgehead atoms. The van der Waals surface area contributed by atoms with E-state index in [1.54, 1.807) is 12.1 Å². The van der Waals surface area contributed by atoms with E-state index in [2.05, 4.69) is 11.9 Å². The van der Waals surface area contributed by atoms with Crippen LogP contribution in [0.3, 0.4) is 0 Å². The summed E-state index contributed by atoms with van der Waals surface area (Å²) in [6.07, 6.45) is 1.76. The normalized spacial score (nSPS) is 10.9. The van der Waals surface area contributed by atoms with Gasteiger partial charge in [0, 0.05) is 6.54 Å². The summed E-state index contributed by atoms with van der Waals surface area (Å²) in [6.45, 7) is 3.76. The predicted octanol–water partition coefficient (Wildman–Crippen LogP) is 0.778. The highest BCUT2D eigenvalue weighted by Gasteiger charge is 2.08. The maximum Gasteiger partial charge on any atom is 0.294 e. The van der Waals surface area contributed by atoms with Gasteiger partial charge in [-0.05, 0) is 30.2 Å². The van der Waals surface area contributed by atoms with E-state index in [1.165, 1.54) is 18.2 Å². The number of carbonyl (C=O) groups excluding carboxylic acids is 1. The van der Waals surface area contributed by atoms with Crippen LogP contribution in [0.4, 0.5) is 0 Å². The quantitative estimate of drug-likeness (QED) is 0.601. The lowest BCUT2D eigenvalue weighted by atomic mass is 10.1. The third-order valence-corrected chi connectivity index (χ3v) is 2.99. The van der Waals surface area contributed by atoms with Crippen LogP contribution in [-0.2, 0) is 21.3 Å². The first-order valence-electron chi connectivity index (χ1n) is 4.90. The minimum atomic E-state index is -4.14. The third-order valence-electron chi connectivity index (χ3n) is 2.12. The van der Waals surface area contributed by atoms with Crippen LogP contribution in [-0.4, -0.2) is 25.4 Å². The molecule has 92 valence electrons. The number of benzene rings is 1. The lowest BCUT2D eigenvalue weighted by Gasteiger charge is -2.03. The standard InChI is InChI=1S/C11H13NO4S/c1-2-11(13)12-8-7-9-3-5-10(6-4-9)17(14,15)16/h2-6H,1,7-8H2,(H,12,13)(H,14,15,16). The smallest absolute Gasteiger partial charge is 0.294 e. The number of carbonyl (C=O) groups is 1. The molecule has 0 spiro atoms. The van der Waals surface area contributed by atoms with E-state index in [1.807, 2.05) is 0 Å². The Morgan fingerprint density at radius 2 is 1.94 bits per heavy atom. The summed E-state index contributed by atoms with van der Waals surface area (Å²) in [5, 5.41) is 2.60. The fourth-order valence-corrected chi connectivity index (χ4v) is 1.71. The number of amides is 1. The van der Waals surface area contributed by atoms with E-state index in [4.69, 9.17) is 4.55 Å². The van der Waals surface area contributed by atoms with E-state index in [0.29, 0.717) is 13.0 Å². The summed E-state index contributed by atoms with van der Waals surface area (Å²) in [6, 6.07) is 5.81. The second-order valence-corrected chi connectivity index (χ2v) is 4.79. The van der Waals surface area contributed by atoms with Crippen molar-refractivity contribution in [3.05, 3.63) is 42.5 Å². The molecule has 17 heavy (non-hydrogen) atoms. The van der Waals surface area contributed by atoms with E-state index < -0.39 is 10.1 Å². The van der Waals surface area contributed by atoms with Crippen molar-refractivity contribution in [1.82, 2.24) is 5.32 Å². The van der Waals surface area contributed by atoms with Gasteiger partial charge >= 0.3 is 0 Å². The second-order valence-electron chi connectivity index (χ2n) is 3.36. The molecular formula is C11H13NO4S. The summed E-state index contributed by atoms with van der Waals surface area (Å²) in [5.74, 6) is -0.250. The maximum absolute atomic E-state index is 10.8. The first-order valence-corrected chi connectivity index (χ1v) is 6.34. The van der Waals surface area contributed by atoms with Crippen LogP contribution >= 0.6 is 0 Å². The van der Waals surface area contributed by atoms with Gasteiger partial charge in [-0.15, -0.1) is 0 Å². The molecule has 0 unspecified atom stereocenters. The molecule has 0 saturated carbocycles. The Morgan fingerprint density at radius 1 is 1.35 bits per heavy atom. The van der Waals surface area contributed by atoms with Crippen molar-refractivity contribution in [2.45, 2.75) is 11.3 Å². The summed E-state index contributed by atoms with van der Waals surface area (Å²) in [4.78, 5) is 10.7. The van der Waals surface area contributed by atoms with Crippen molar-refractivity contribution < 1.29 is 17.8 Å². The Balaban J connectivity index is 2.57. The summed E-state index contributed by atoms with van der Waals surface area (Å²) in [7, 11) is -4.14. The molecule has 0 fully saturated rings. The van der Waals surface area contributed by atoms with Gasteiger partial charge < -0.3 is 5.32 Å². The zero-order valence-electron chi connectivity index (χ0n) is 9.09.